The predicted molar refractivity (Wildman–Crippen MR) is 303 cm³/mol. The molecule has 0 amide bonds. The second kappa shape index (κ2) is 24.1. The molecular weight excluding hydrogens is 1000 g/mol. The molecule has 9 unspecified atom stereocenters. The summed E-state index contributed by atoms with van der Waals surface area (Å²) in [4.78, 5) is 0. The Hall–Kier alpha value is -7.46. The van der Waals surface area contributed by atoms with E-state index in [0.717, 1.165) is 50.1 Å². The minimum atomic E-state index is -2.38. The van der Waals surface area contributed by atoms with E-state index in [1.807, 2.05) is 273 Å². The SMILES string of the molecule is OC1C(COC(c2ccccc2)(c2ccccc2)c2ccccc2)OC(OC2(COC(c3ccccc3)(c3ccccc3)c3ccccc3)OC(COC(c3ccccc3)(c3ccccc3)c3ccccc3)C(O)C2O)C(O)C1O. The summed E-state index contributed by atoms with van der Waals surface area (Å²) in [7, 11) is 0. The monoisotopic (exact) mass is 1070 g/mol. The van der Waals surface area contributed by atoms with Crippen LogP contribution in [0.2, 0.25) is 0 Å². The summed E-state index contributed by atoms with van der Waals surface area (Å²) in [5, 5.41) is 61.2. The molecule has 0 spiro atoms. The van der Waals surface area contributed by atoms with Gasteiger partial charge in [-0.1, -0.05) is 273 Å². The van der Waals surface area contributed by atoms with Crippen molar-refractivity contribution in [2.75, 3.05) is 19.8 Å². The number of ether oxygens (including phenoxy) is 6. The number of aliphatic hydroxyl groups excluding tert-OH is 5. The van der Waals surface area contributed by atoms with Crippen molar-refractivity contribution in [3.63, 3.8) is 0 Å². The first kappa shape index (κ1) is 54.5. The van der Waals surface area contributed by atoms with Crippen LogP contribution in [0.5, 0.6) is 0 Å². The van der Waals surface area contributed by atoms with Gasteiger partial charge < -0.3 is 54.0 Å². The van der Waals surface area contributed by atoms with Crippen molar-refractivity contribution in [1.82, 2.24) is 0 Å². The van der Waals surface area contributed by atoms with Gasteiger partial charge in [-0.3, -0.25) is 0 Å². The average Bonchev–Trinajstić information content (AvgIpc) is 3.96. The zero-order chi connectivity index (χ0) is 55.0. The standard InChI is InChI=1S/C69H64O11/c70-60-58(46-75-67(49-28-10-1-11-29-49,50-30-12-2-13-31-50)51-32-14-3-15-33-51)78-65(63(73)62(60)72)80-66(48-77-69(55-40-22-7-23-41-55,56-42-24-8-25-43-56)57-44-26-9-27-45-57)64(74)61(71)59(79-66)47-76-68(52-34-16-4-17-35-52,53-36-18-5-19-37-53)54-38-20-6-21-39-54/h1-45,58-65,70-74H,46-48H2. The molecule has 0 aromatic heterocycles. The fourth-order valence-corrected chi connectivity index (χ4v) is 11.5. The molecule has 0 aliphatic carbocycles. The molecule has 11 nitrogen and oxygen atoms in total. The van der Waals surface area contributed by atoms with E-state index in [1.165, 1.54) is 0 Å². The van der Waals surface area contributed by atoms with Gasteiger partial charge in [-0.05, 0) is 50.1 Å². The summed E-state index contributed by atoms with van der Waals surface area (Å²) in [6.45, 7) is -1.25. The zero-order valence-electron chi connectivity index (χ0n) is 43.9. The molecule has 0 bridgehead atoms. The lowest BCUT2D eigenvalue weighted by molar-refractivity contribution is -0.389. The lowest BCUT2D eigenvalue weighted by atomic mass is 9.80. The molecule has 9 atom stereocenters. The second-order valence-corrected chi connectivity index (χ2v) is 20.3. The highest BCUT2D eigenvalue weighted by Gasteiger charge is 2.61. The van der Waals surface area contributed by atoms with E-state index in [0.29, 0.717) is 0 Å². The minimum absolute atomic E-state index is 0.310. The van der Waals surface area contributed by atoms with Gasteiger partial charge in [0, 0.05) is 0 Å². The summed E-state index contributed by atoms with van der Waals surface area (Å²) in [5.41, 5.74) is 3.00. The molecule has 0 saturated carbocycles. The Kier molecular flexibility index (Phi) is 16.4. The maximum atomic E-state index is 12.8. The number of benzene rings is 9. The third-order valence-corrected chi connectivity index (χ3v) is 15.5. The average molecular weight is 1070 g/mol. The molecule has 2 heterocycles. The summed E-state index contributed by atoms with van der Waals surface area (Å²) >= 11 is 0. The van der Waals surface area contributed by atoms with Gasteiger partial charge in [0.25, 0.3) is 0 Å². The third-order valence-electron chi connectivity index (χ3n) is 15.5. The van der Waals surface area contributed by atoms with Gasteiger partial charge in [-0.15, -0.1) is 0 Å². The van der Waals surface area contributed by atoms with Crippen LogP contribution in [-0.2, 0) is 45.2 Å². The zero-order valence-corrected chi connectivity index (χ0v) is 43.9. The first-order valence-electron chi connectivity index (χ1n) is 27.0. The van der Waals surface area contributed by atoms with Crippen LogP contribution in [0.1, 0.15) is 50.1 Å². The minimum Gasteiger partial charge on any atom is -0.387 e. The van der Waals surface area contributed by atoms with Crippen LogP contribution in [0.3, 0.4) is 0 Å². The molecule has 2 aliphatic heterocycles. The fraction of sp³-hybridized carbons (Fsp3) is 0.217. The summed E-state index contributed by atoms with van der Waals surface area (Å²) in [5.74, 6) is -2.38. The molecule has 9 aromatic rings. The largest absolute Gasteiger partial charge is 0.387 e. The summed E-state index contributed by atoms with van der Waals surface area (Å²) in [6, 6.07) is 87.1. The molecule has 11 rings (SSSR count). The first-order chi connectivity index (χ1) is 39.2. The Bertz CT molecular complexity index is 3020. The molecular formula is C69H64O11. The Labute approximate surface area is 466 Å². The lowest BCUT2D eigenvalue weighted by Crippen LogP contribution is -2.63. The van der Waals surface area contributed by atoms with E-state index < -0.39 is 78.2 Å². The predicted octanol–water partition coefficient (Wildman–Crippen LogP) is 9.65. The number of hydrogen-bond acceptors (Lipinski definition) is 11. The van der Waals surface area contributed by atoms with Gasteiger partial charge >= 0.3 is 0 Å². The van der Waals surface area contributed by atoms with E-state index in [-0.39, 0.29) is 13.2 Å². The van der Waals surface area contributed by atoms with Crippen molar-refractivity contribution in [2.45, 2.75) is 71.6 Å². The van der Waals surface area contributed by atoms with Crippen LogP contribution in [0.25, 0.3) is 0 Å². The molecule has 406 valence electrons. The second-order valence-electron chi connectivity index (χ2n) is 20.3. The fourth-order valence-electron chi connectivity index (χ4n) is 11.5. The molecule has 80 heavy (non-hydrogen) atoms. The third kappa shape index (κ3) is 10.4. The highest BCUT2D eigenvalue weighted by atomic mass is 16.8. The van der Waals surface area contributed by atoms with E-state index in [1.54, 1.807) is 0 Å². The molecule has 5 N–H and O–H groups in total. The number of aliphatic hydroxyl groups is 5. The summed E-state index contributed by atoms with van der Waals surface area (Å²) in [6.07, 6.45) is -13.6. The highest BCUT2D eigenvalue weighted by molar-refractivity contribution is 5.50. The summed E-state index contributed by atoms with van der Waals surface area (Å²) < 4.78 is 42.1. The highest BCUT2D eigenvalue weighted by Crippen LogP contribution is 2.47. The van der Waals surface area contributed by atoms with Crippen molar-refractivity contribution in [3.05, 3.63) is 323 Å². The van der Waals surface area contributed by atoms with Gasteiger partial charge in [0.2, 0.25) is 5.79 Å². The van der Waals surface area contributed by atoms with Crippen LogP contribution < -0.4 is 0 Å². The van der Waals surface area contributed by atoms with Crippen molar-refractivity contribution in [3.8, 4) is 0 Å². The quantitative estimate of drug-likeness (QED) is 0.0464. The smallest absolute Gasteiger partial charge is 0.224 e. The Morgan fingerprint density at radius 1 is 0.312 bits per heavy atom. The molecule has 2 saturated heterocycles. The normalized spacial score (nSPS) is 23.4. The van der Waals surface area contributed by atoms with E-state index in [2.05, 4.69) is 0 Å². The maximum Gasteiger partial charge on any atom is 0.224 e. The Morgan fingerprint density at radius 2 is 0.575 bits per heavy atom. The van der Waals surface area contributed by atoms with Crippen molar-refractivity contribution < 1.29 is 54.0 Å². The molecule has 2 fully saturated rings. The first-order valence-corrected chi connectivity index (χ1v) is 27.0. The van der Waals surface area contributed by atoms with Gasteiger partial charge in [0.05, 0.1) is 13.2 Å². The topological polar surface area (TPSA) is 157 Å². The molecule has 11 heteroatoms. The van der Waals surface area contributed by atoms with E-state index in [9.17, 15) is 25.5 Å². The van der Waals surface area contributed by atoms with Gasteiger partial charge in [-0.25, -0.2) is 0 Å². The molecule has 9 aromatic carbocycles. The van der Waals surface area contributed by atoms with Gasteiger partial charge in [0.15, 0.2) is 6.29 Å². The van der Waals surface area contributed by atoms with Crippen LogP contribution in [0.15, 0.2) is 273 Å². The van der Waals surface area contributed by atoms with Crippen LogP contribution in [-0.4, -0.2) is 100 Å². The van der Waals surface area contributed by atoms with E-state index >= 15 is 0 Å². The molecule has 0 radical (unpaired) electrons. The number of rotatable bonds is 20. The van der Waals surface area contributed by atoms with Gasteiger partial charge in [0.1, 0.15) is 66.1 Å². The van der Waals surface area contributed by atoms with Crippen molar-refractivity contribution in [1.29, 1.82) is 0 Å². The van der Waals surface area contributed by atoms with Crippen LogP contribution in [0, 0.1) is 0 Å². The Morgan fingerprint density at radius 3 is 0.863 bits per heavy atom. The maximum absolute atomic E-state index is 12.8. The van der Waals surface area contributed by atoms with Crippen molar-refractivity contribution >= 4 is 0 Å². The number of hydrogen-bond donors (Lipinski definition) is 5. The van der Waals surface area contributed by atoms with Crippen LogP contribution >= 0.6 is 0 Å². The van der Waals surface area contributed by atoms with E-state index in [4.69, 9.17) is 28.4 Å². The molecule has 2 aliphatic rings. The Balaban J connectivity index is 0.993. The van der Waals surface area contributed by atoms with Crippen LogP contribution in [0.4, 0.5) is 0 Å². The van der Waals surface area contributed by atoms with Gasteiger partial charge in [-0.2, -0.15) is 0 Å². The van der Waals surface area contributed by atoms with Crippen molar-refractivity contribution in [2.24, 2.45) is 0 Å². The lowest BCUT2D eigenvalue weighted by Gasteiger charge is -2.46.